The third kappa shape index (κ3) is 3.25. The van der Waals surface area contributed by atoms with Crippen molar-refractivity contribution in [3.63, 3.8) is 0 Å². The van der Waals surface area contributed by atoms with Crippen LogP contribution >= 0.6 is 0 Å². The van der Waals surface area contributed by atoms with E-state index in [0.29, 0.717) is 5.92 Å². The molecule has 2 aliphatic rings. The minimum atomic E-state index is 0.526. The molecule has 1 nitrogen and oxygen atoms in total. The van der Waals surface area contributed by atoms with Gasteiger partial charge in [0.05, 0.1) is 0 Å². The van der Waals surface area contributed by atoms with Crippen molar-refractivity contribution in [3.05, 3.63) is 119 Å². The third-order valence-corrected chi connectivity index (χ3v) is 8.46. The average molecular weight is 489 g/mol. The fourth-order valence-electron chi connectivity index (χ4n) is 6.69. The molecule has 182 valence electrons. The van der Waals surface area contributed by atoms with Crippen molar-refractivity contribution in [2.24, 2.45) is 5.92 Å². The minimum Gasteiger partial charge on any atom is -0.456 e. The van der Waals surface area contributed by atoms with Crippen LogP contribution in [-0.2, 0) is 12.8 Å². The van der Waals surface area contributed by atoms with Crippen molar-refractivity contribution in [2.45, 2.75) is 26.2 Å². The SMILES string of the molecule is CC1C=Cc2c(-c3ccc4oc5ccccc5c4c3)cc3cc(-c4ccccc4)c4c(c3c2C1)C=CCC4. The Hall–Kier alpha value is -4.36. The quantitative estimate of drug-likeness (QED) is 0.236. The molecular formula is C37H28O. The minimum absolute atomic E-state index is 0.526. The van der Waals surface area contributed by atoms with Crippen LogP contribution in [0.25, 0.3) is 67.1 Å². The highest BCUT2D eigenvalue weighted by atomic mass is 16.3. The molecule has 1 unspecified atom stereocenters. The standard InChI is InChI=1S/C37H28O/c1-23-15-17-28-32(25-16-18-36-33(20-25)29-12-7-8-14-35(29)38-36)22-26-21-31(24-9-3-2-4-10-24)27-11-5-6-13-30(27)37(26)34(28)19-23/h2-4,6-10,12-18,20-23H,5,11,19H2,1H3. The predicted molar refractivity (Wildman–Crippen MR) is 161 cm³/mol. The Balaban J connectivity index is 1.45. The first-order valence-corrected chi connectivity index (χ1v) is 13.7. The normalized spacial score (nSPS) is 16.3. The molecule has 6 aromatic rings. The summed E-state index contributed by atoms with van der Waals surface area (Å²) in [5.41, 5.74) is 12.9. The van der Waals surface area contributed by atoms with E-state index in [1.165, 1.54) is 66.1 Å². The first-order chi connectivity index (χ1) is 18.7. The van der Waals surface area contributed by atoms with Crippen molar-refractivity contribution >= 4 is 44.9 Å². The summed E-state index contributed by atoms with van der Waals surface area (Å²) in [6.07, 6.45) is 12.8. The van der Waals surface area contributed by atoms with Crippen LogP contribution in [0.1, 0.15) is 35.6 Å². The maximum atomic E-state index is 6.15. The van der Waals surface area contributed by atoms with Gasteiger partial charge in [-0.3, -0.25) is 0 Å². The number of para-hydroxylation sites is 1. The molecular weight excluding hydrogens is 460 g/mol. The fraction of sp³-hybridized carbons (Fsp3) is 0.135. The van der Waals surface area contributed by atoms with Gasteiger partial charge in [0, 0.05) is 10.8 Å². The molecule has 0 saturated heterocycles. The van der Waals surface area contributed by atoms with E-state index in [2.05, 4.69) is 110 Å². The number of furan rings is 1. The van der Waals surface area contributed by atoms with Crippen LogP contribution in [0.4, 0.5) is 0 Å². The highest BCUT2D eigenvalue weighted by molar-refractivity contribution is 6.08. The van der Waals surface area contributed by atoms with E-state index in [-0.39, 0.29) is 0 Å². The number of hydrogen-bond donors (Lipinski definition) is 0. The second-order valence-corrected chi connectivity index (χ2v) is 10.9. The largest absolute Gasteiger partial charge is 0.456 e. The molecule has 8 rings (SSSR count). The van der Waals surface area contributed by atoms with Crippen LogP contribution in [0.3, 0.4) is 0 Å². The van der Waals surface area contributed by atoms with E-state index < -0.39 is 0 Å². The Kier molecular flexibility index (Phi) is 4.76. The maximum absolute atomic E-state index is 6.15. The second-order valence-electron chi connectivity index (χ2n) is 10.9. The van der Waals surface area contributed by atoms with Crippen LogP contribution in [0.5, 0.6) is 0 Å². The van der Waals surface area contributed by atoms with Gasteiger partial charge in [0.15, 0.2) is 0 Å². The number of benzene rings is 5. The number of rotatable bonds is 2. The van der Waals surface area contributed by atoms with E-state index in [9.17, 15) is 0 Å². The van der Waals surface area contributed by atoms with Crippen molar-refractivity contribution in [1.29, 1.82) is 0 Å². The molecule has 0 spiro atoms. The summed E-state index contributed by atoms with van der Waals surface area (Å²) in [5.74, 6) is 0.526. The van der Waals surface area contributed by atoms with E-state index in [0.717, 1.165) is 30.4 Å². The van der Waals surface area contributed by atoms with Crippen molar-refractivity contribution < 1.29 is 4.42 Å². The van der Waals surface area contributed by atoms with Gasteiger partial charge in [-0.15, -0.1) is 0 Å². The lowest BCUT2D eigenvalue weighted by Gasteiger charge is -2.26. The Morgan fingerprint density at radius 1 is 0.684 bits per heavy atom. The van der Waals surface area contributed by atoms with Crippen LogP contribution in [-0.4, -0.2) is 0 Å². The average Bonchev–Trinajstić information content (AvgIpc) is 3.34. The summed E-state index contributed by atoms with van der Waals surface area (Å²) in [6.45, 7) is 2.34. The Morgan fingerprint density at radius 2 is 1.50 bits per heavy atom. The molecule has 0 aliphatic heterocycles. The monoisotopic (exact) mass is 488 g/mol. The first-order valence-electron chi connectivity index (χ1n) is 13.7. The third-order valence-electron chi connectivity index (χ3n) is 8.46. The lowest BCUT2D eigenvalue weighted by molar-refractivity contribution is 0.669. The molecule has 1 atom stereocenters. The fourth-order valence-corrected chi connectivity index (χ4v) is 6.69. The summed E-state index contributed by atoms with van der Waals surface area (Å²) < 4.78 is 6.15. The zero-order valence-corrected chi connectivity index (χ0v) is 21.5. The van der Waals surface area contributed by atoms with Gasteiger partial charge in [0.2, 0.25) is 0 Å². The lowest BCUT2D eigenvalue weighted by atomic mass is 9.78. The van der Waals surface area contributed by atoms with Crippen LogP contribution in [0.2, 0.25) is 0 Å². The molecule has 0 amide bonds. The molecule has 0 bridgehead atoms. The summed E-state index contributed by atoms with van der Waals surface area (Å²) in [4.78, 5) is 0. The Bertz CT molecular complexity index is 1950. The van der Waals surface area contributed by atoms with Gasteiger partial charge in [0.1, 0.15) is 11.2 Å². The molecule has 1 aromatic heterocycles. The van der Waals surface area contributed by atoms with E-state index in [1.807, 2.05) is 6.07 Å². The molecule has 2 aliphatic carbocycles. The number of hydrogen-bond acceptors (Lipinski definition) is 1. The van der Waals surface area contributed by atoms with E-state index >= 15 is 0 Å². The second kappa shape index (κ2) is 8.33. The predicted octanol–water partition coefficient (Wildman–Crippen LogP) is 10.2. The molecule has 0 N–H and O–H groups in total. The zero-order valence-electron chi connectivity index (χ0n) is 21.5. The van der Waals surface area contributed by atoms with Crippen molar-refractivity contribution in [3.8, 4) is 22.3 Å². The number of fused-ring (bicyclic) bond motifs is 8. The summed E-state index contributed by atoms with van der Waals surface area (Å²) >= 11 is 0. The Labute approximate surface area is 222 Å². The molecule has 0 saturated carbocycles. The Morgan fingerprint density at radius 3 is 2.42 bits per heavy atom. The maximum Gasteiger partial charge on any atom is 0.135 e. The number of allylic oxidation sites excluding steroid dienone is 2. The van der Waals surface area contributed by atoms with Gasteiger partial charge in [0.25, 0.3) is 0 Å². The highest BCUT2D eigenvalue weighted by Crippen LogP contribution is 2.44. The molecule has 0 fully saturated rings. The first kappa shape index (κ1) is 21.7. The summed E-state index contributed by atoms with van der Waals surface area (Å²) in [5, 5.41) is 5.13. The van der Waals surface area contributed by atoms with Crippen LogP contribution in [0.15, 0.2) is 101 Å². The van der Waals surface area contributed by atoms with Gasteiger partial charge in [-0.25, -0.2) is 0 Å². The lowest BCUT2D eigenvalue weighted by Crippen LogP contribution is -2.08. The van der Waals surface area contributed by atoms with Gasteiger partial charge in [-0.1, -0.05) is 85.8 Å². The van der Waals surface area contributed by atoms with Gasteiger partial charge in [-0.2, -0.15) is 0 Å². The van der Waals surface area contributed by atoms with Gasteiger partial charge >= 0.3 is 0 Å². The molecule has 1 heteroatoms. The van der Waals surface area contributed by atoms with Gasteiger partial charge < -0.3 is 4.42 Å². The topological polar surface area (TPSA) is 13.1 Å². The van der Waals surface area contributed by atoms with E-state index in [4.69, 9.17) is 4.42 Å². The molecule has 38 heavy (non-hydrogen) atoms. The van der Waals surface area contributed by atoms with E-state index in [1.54, 1.807) is 0 Å². The zero-order chi connectivity index (χ0) is 25.2. The van der Waals surface area contributed by atoms with Gasteiger partial charge in [-0.05, 0) is 111 Å². The highest BCUT2D eigenvalue weighted by Gasteiger charge is 2.24. The summed E-state index contributed by atoms with van der Waals surface area (Å²) in [6, 6.07) is 30.9. The molecule has 1 heterocycles. The van der Waals surface area contributed by atoms with Crippen molar-refractivity contribution in [1.82, 2.24) is 0 Å². The summed E-state index contributed by atoms with van der Waals surface area (Å²) in [7, 11) is 0. The molecule has 0 radical (unpaired) electrons. The smallest absolute Gasteiger partial charge is 0.135 e. The van der Waals surface area contributed by atoms with Crippen LogP contribution < -0.4 is 0 Å². The molecule has 5 aromatic carbocycles. The van der Waals surface area contributed by atoms with Crippen molar-refractivity contribution in [2.75, 3.05) is 0 Å². The van der Waals surface area contributed by atoms with Crippen LogP contribution in [0, 0.1) is 5.92 Å².